The molecule has 21 heavy (non-hydrogen) atoms. The Labute approximate surface area is 123 Å². The highest BCUT2D eigenvalue weighted by Gasteiger charge is 2.21. The van der Waals surface area contributed by atoms with E-state index in [0.29, 0.717) is 5.75 Å². The summed E-state index contributed by atoms with van der Waals surface area (Å²) in [7, 11) is 0. The number of carbonyl (C=O) groups excluding carboxylic acids is 1. The molecule has 1 saturated heterocycles. The Hall–Kier alpha value is -1.66. The molecule has 1 unspecified atom stereocenters. The molecule has 6 heteroatoms. The molecule has 3 N–H and O–H groups in total. The van der Waals surface area contributed by atoms with Crippen molar-refractivity contribution in [2.75, 3.05) is 26.2 Å². The topological polar surface area (TPSA) is 70.6 Å². The Morgan fingerprint density at radius 3 is 2.71 bits per heavy atom. The van der Waals surface area contributed by atoms with Gasteiger partial charge in [-0.2, -0.15) is 0 Å². The van der Waals surface area contributed by atoms with Crippen LogP contribution in [0.4, 0.5) is 4.39 Å². The number of rotatable bonds is 6. The van der Waals surface area contributed by atoms with Crippen LogP contribution in [0.2, 0.25) is 0 Å². The van der Waals surface area contributed by atoms with Gasteiger partial charge in [-0.15, -0.1) is 0 Å². The highest BCUT2D eigenvalue weighted by atomic mass is 19.1. The first-order chi connectivity index (χ1) is 10.1. The molecule has 0 radical (unpaired) electrons. The number of piperidine rings is 1. The van der Waals surface area contributed by atoms with Crippen LogP contribution in [0.1, 0.15) is 12.8 Å². The van der Waals surface area contributed by atoms with E-state index in [9.17, 15) is 14.3 Å². The Morgan fingerprint density at radius 2 is 2.05 bits per heavy atom. The van der Waals surface area contributed by atoms with Gasteiger partial charge in [0, 0.05) is 12.5 Å². The minimum absolute atomic E-state index is 0.0164. The van der Waals surface area contributed by atoms with Crippen molar-refractivity contribution in [1.29, 1.82) is 0 Å². The summed E-state index contributed by atoms with van der Waals surface area (Å²) in [5, 5.41) is 15.7. The molecular formula is C15H21FN2O3. The second-order valence-corrected chi connectivity index (χ2v) is 5.19. The number of halogens is 1. The number of hydrogen-bond donors (Lipinski definition) is 3. The molecule has 0 aromatic heterocycles. The molecule has 2 rings (SSSR count). The summed E-state index contributed by atoms with van der Waals surface area (Å²) < 4.78 is 18.0. The van der Waals surface area contributed by atoms with E-state index in [2.05, 4.69) is 10.6 Å². The molecule has 0 aliphatic carbocycles. The number of hydrogen-bond acceptors (Lipinski definition) is 4. The summed E-state index contributed by atoms with van der Waals surface area (Å²) in [6.45, 7) is 1.92. The van der Waals surface area contributed by atoms with E-state index < -0.39 is 6.10 Å². The van der Waals surface area contributed by atoms with Gasteiger partial charge in [0.25, 0.3) is 0 Å². The van der Waals surface area contributed by atoms with E-state index >= 15 is 0 Å². The Balaban J connectivity index is 1.65. The fourth-order valence-electron chi connectivity index (χ4n) is 2.23. The predicted octanol–water partition coefficient (Wildman–Crippen LogP) is 0.681. The van der Waals surface area contributed by atoms with Gasteiger partial charge in [0.05, 0.1) is 0 Å². The van der Waals surface area contributed by atoms with Crippen LogP contribution in [-0.4, -0.2) is 43.4 Å². The summed E-state index contributed by atoms with van der Waals surface area (Å²) in [5.41, 5.74) is 0. The fraction of sp³-hybridized carbons (Fsp3) is 0.533. The van der Waals surface area contributed by atoms with Gasteiger partial charge in [0.2, 0.25) is 5.91 Å². The van der Waals surface area contributed by atoms with Crippen LogP contribution in [-0.2, 0) is 4.79 Å². The van der Waals surface area contributed by atoms with Crippen molar-refractivity contribution in [2.45, 2.75) is 18.9 Å². The van der Waals surface area contributed by atoms with Gasteiger partial charge in [-0.05, 0) is 50.2 Å². The van der Waals surface area contributed by atoms with Gasteiger partial charge < -0.3 is 20.5 Å². The van der Waals surface area contributed by atoms with Crippen LogP contribution in [0.5, 0.6) is 5.75 Å². The van der Waals surface area contributed by atoms with Crippen LogP contribution in [0, 0.1) is 11.7 Å². The molecule has 1 amide bonds. The number of benzene rings is 1. The molecule has 5 nitrogen and oxygen atoms in total. The third-order valence-electron chi connectivity index (χ3n) is 3.48. The summed E-state index contributed by atoms with van der Waals surface area (Å²) in [6, 6.07) is 5.58. The van der Waals surface area contributed by atoms with E-state index in [1.54, 1.807) is 0 Å². The Kier molecular flexibility index (Phi) is 5.95. The lowest BCUT2D eigenvalue weighted by atomic mass is 9.97. The quantitative estimate of drug-likeness (QED) is 0.722. The average Bonchev–Trinajstić information content (AvgIpc) is 2.53. The third kappa shape index (κ3) is 5.32. The molecule has 1 aliphatic rings. The number of ether oxygens (including phenoxy) is 1. The second-order valence-electron chi connectivity index (χ2n) is 5.19. The normalized spacial score (nSPS) is 17.2. The lowest BCUT2D eigenvalue weighted by Crippen LogP contribution is -2.42. The van der Waals surface area contributed by atoms with Gasteiger partial charge in [-0.1, -0.05) is 0 Å². The standard InChI is InChI=1S/C15H21FN2O3/c16-12-1-3-14(4-2-12)21-10-13(19)9-18-15(20)11-5-7-17-8-6-11/h1-4,11,13,17,19H,5-10H2,(H,18,20). The van der Waals surface area contributed by atoms with Gasteiger partial charge in [0.15, 0.2) is 0 Å². The highest BCUT2D eigenvalue weighted by Crippen LogP contribution is 2.12. The number of carbonyl (C=O) groups is 1. The first-order valence-electron chi connectivity index (χ1n) is 7.20. The minimum atomic E-state index is -0.791. The zero-order valence-corrected chi connectivity index (χ0v) is 11.8. The molecule has 1 aromatic carbocycles. The molecule has 0 bridgehead atoms. The molecule has 116 valence electrons. The molecule has 1 aromatic rings. The zero-order chi connectivity index (χ0) is 15.1. The molecular weight excluding hydrogens is 275 g/mol. The van der Waals surface area contributed by atoms with E-state index in [1.807, 2.05) is 0 Å². The van der Waals surface area contributed by atoms with Crippen molar-refractivity contribution >= 4 is 5.91 Å². The largest absolute Gasteiger partial charge is 0.491 e. The van der Waals surface area contributed by atoms with Crippen LogP contribution < -0.4 is 15.4 Å². The van der Waals surface area contributed by atoms with Gasteiger partial charge >= 0.3 is 0 Å². The molecule has 1 aliphatic heterocycles. The van der Waals surface area contributed by atoms with Gasteiger partial charge in [-0.25, -0.2) is 4.39 Å². The highest BCUT2D eigenvalue weighted by molar-refractivity contribution is 5.78. The number of aliphatic hydroxyl groups excluding tert-OH is 1. The average molecular weight is 296 g/mol. The fourth-order valence-corrected chi connectivity index (χ4v) is 2.23. The summed E-state index contributed by atoms with van der Waals surface area (Å²) in [4.78, 5) is 11.9. The molecule has 0 saturated carbocycles. The molecule has 1 atom stereocenters. The van der Waals surface area contributed by atoms with E-state index in [0.717, 1.165) is 25.9 Å². The van der Waals surface area contributed by atoms with E-state index in [4.69, 9.17) is 4.74 Å². The Morgan fingerprint density at radius 1 is 1.38 bits per heavy atom. The Bertz CT molecular complexity index is 447. The van der Waals surface area contributed by atoms with Crippen molar-refractivity contribution in [3.05, 3.63) is 30.1 Å². The van der Waals surface area contributed by atoms with E-state index in [1.165, 1.54) is 24.3 Å². The zero-order valence-electron chi connectivity index (χ0n) is 11.8. The van der Waals surface area contributed by atoms with Crippen molar-refractivity contribution in [1.82, 2.24) is 10.6 Å². The number of nitrogens with one attached hydrogen (secondary N) is 2. The summed E-state index contributed by atoms with van der Waals surface area (Å²) in [5.74, 6) is 0.158. The maximum absolute atomic E-state index is 12.7. The minimum Gasteiger partial charge on any atom is -0.491 e. The second kappa shape index (κ2) is 7.95. The molecule has 0 spiro atoms. The van der Waals surface area contributed by atoms with E-state index in [-0.39, 0.29) is 30.8 Å². The van der Waals surface area contributed by atoms with Crippen molar-refractivity contribution in [3.63, 3.8) is 0 Å². The van der Waals surface area contributed by atoms with Crippen LogP contribution in [0.3, 0.4) is 0 Å². The lowest BCUT2D eigenvalue weighted by Gasteiger charge is -2.22. The van der Waals surface area contributed by atoms with Crippen molar-refractivity contribution in [2.24, 2.45) is 5.92 Å². The third-order valence-corrected chi connectivity index (χ3v) is 3.48. The SMILES string of the molecule is O=C(NCC(O)COc1ccc(F)cc1)C1CCNCC1. The van der Waals surface area contributed by atoms with Crippen LogP contribution in [0.25, 0.3) is 0 Å². The maximum Gasteiger partial charge on any atom is 0.223 e. The first kappa shape index (κ1) is 15.7. The number of amides is 1. The first-order valence-corrected chi connectivity index (χ1v) is 7.20. The monoisotopic (exact) mass is 296 g/mol. The van der Waals surface area contributed by atoms with Crippen molar-refractivity contribution < 1.29 is 19.0 Å². The predicted molar refractivity (Wildman–Crippen MR) is 76.5 cm³/mol. The van der Waals surface area contributed by atoms with Crippen LogP contribution >= 0.6 is 0 Å². The lowest BCUT2D eigenvalue weighted by molar-refractivity contribution is -0.126. The van der Waals surface area contributed by atoms with Gasteiger partial charge in [0.1, 0.15) is 24.3 Å². The summed E-state index contributed by atoms with van der Waals surface area (Å²) in [6.07, 6.45) is 0.864. The van der Waals surface area contributed by atoms with Crippen LogP contribution in [0.15, 0.2) is 24.3 Å². The molecule has 1 fully saturated rings. The smallest absolute Gasteiger partial charge is 0.223 e. The van der Waals surface area contributed by atoms with Crippen molar-refractivity contribution in [3.8, 4) is 5.75 Å². The van der Waals surface area contributed by atoms with Gasteiger partial charge in [-0.3, -0.25) is 4.79 Å². The molecule has 1 heterocycles. The summed E-state index contributed by atoms with van der Waals surface area (Å²) >= 11 is 0. The maximum atomic E-state index is 12.7. The number of aliphatic hydroxyl groups is 1.